The first-order valence-corrected chi connectivity index (χ1v) is 8.56. The SMILES string of the molecule is O=C(COc1c(-c2ccccc2)oc2ccccc2c1=O)c1ccccc1. The van der Waals surface area contributed by atoms with Gasteiger partial charge in [-0.15, -0.1) is 0 Å². The Hall–Kier alpha value is -3.66. The van der Waals surface area contributed by atoms with Crippen molar-refractivity contribution in [2.45, 2.75) is 0 Å². The standard InChI is InChI=1S/C23H16O4/c24-19(16-9-3-1-4-10-16)15-26-23-21(25)18-13-7-8-14-20(18)27-22(23)17-11-5-2-6-12-17/h1-14H,15H2. The van der Waals surface area contributed by atoms with Crippen LogP contribution in [0.2, 0.25) is 0 Å². The molecule has 3 aromatic carbocycles. The number of ether oxygens (including phenoxy) is 1. The van der Waals surface area contributed by atoms with Crippen molar-refractivity contribution in [1.29, 1.82) is 0 Å². The minimum absolute atomic E-state index is 0.0455. The van der Waals surface area contributed by atoms with Gasteiger partial charge in [-0.25, -0.2) is 0 Å². The summed E-state index contributed by atoms with van der Waals surface area (Å²) in [5.74, 6) is 0.159. The van der Waals surface area contributed by atoms with Gasteiger partial charge in [0.05, 0.1) is 5.39 Å². The topological polar surface area (TPSA) is 56.5 Å². The molecule has 0 aliphatic rings. The summed E-state index contributed by atoms with van der Waals surface area (Å²) in [6.07, 6.45) is 0. The molecule has 0 radical (unpaired) electrons. The van der Waals surface area contributed by atoms with Gasteiger partial charge in [0.15, 0.2) is 18.2 Å². The van der Waals surface area contributed by atoms with Crippen LogP contribution in [0.4, 0.5) is 0 Å². The highest BCUT2D eigenvalue weighted by molar-refractivity contribution is 5.97. The van der Waals surface area contributed by atoms with Crippen molar-refractivity contribution < 1.29 is 13.9 Å². The molecule has 0 bridgehead atoms. The summed E-state index contributed by atoms with van der Waals surface area (Å²) in [6, 6.07) is 25.1. The number of benzene rings is 3. The molecule has 0 amide bonds. The molecule has 1 heterocycles. The number of carbonyl (C=O) groups is 1. The van der Waals surface area contributed by atoms with Crippen LogP contribution in [0.1, 0.15) is 10.4 Å². The van der Waals surface area contributed by atoms with Gasteiger partial charge in [-0.2, -0.15) is 0 Å². The minimum Gasteiger partial charge on any atom is -0.478 e. The van der Waals surface area contributed by atoms with E-state index >= 15 is 0 Å². The molecule has 0 unspecified atom stereocenters. The quantitative estimate of drug-likeness (QED) is 0.486. The highest BCUT2D eigenvalue weighted by Gasteiger charge is 2.18. The van der Waals surface area contributed by atoms with E-state index in [2.05, 4.69) is 0 Å². The van der Waals surface area contributed by atoms with E-state index in [1.165, 1.54) is 0 Å². The summed E-state index contributed by atoms with van der Waals surface area (Å²) in [7, 11) is 0. The van der Waals surface area contributed by atoms with Crippen molar-refractivity contribution in [2.24, 2.45) is 0 Å². The van der Waals surface area contributed by atoms with Gasteiger partial charge in [-0.3, -0.25) is 9.59 Å². The Kier molecular flexibility index (Phi) is 4.54. The van der Waals surface area contributed by atoms with Crippen LogP contribution in [0.5, 0.6) is 5.75 Å². The maximum absolute atomic E-state index is 13.0. The fraction of sp³-hybridized carbons (Fsp3) is 0.0435. The van der Waals surface area contributed by atoms with Gasteiger partial charge >= 0.3 is 0 Å². The van der Waals surface area contributed by atoms with Gasteiger partial charge in [-0.1, -0.05) is 72.8 Å². The fourth-order valence-electron chi connectivity index (χ4n) is 2.88. The summed E-state index contributed by atoms with van der Waals surface area (Å²) in [5, 5.41) is 0.416. The summed E-state index contributed by atoms with van der Waals surface area (Å²) >= 11 is 0. The van der Waals surface area contributed by atoms with Crippen molar-refractivity contribution in [2.75, 3.05) is 6.61 Å². The minimum atomic E-state index is -0.295. The predicted octanol–water partition coefficient (Wildman–Crippen LogP) is 4.72. The van der Waals surface area contributed by atoms with Gasteiger partial charge in [0.2, 0.25) is 11.2 Å². The van der Waals surface area contributed by atoms with Gasteiger partial charge in [0.1, 0.15) is 5.58 Å². The van der Waals surface area contributed by atoms with E-state index in [-0.39, 0.29) is 23.6 Å². The largest absolute Gasteiger partial charge is 0.478 e. The molecule has 0 aliphatic heterocycles. The molecule has 4 heteroatoms. The van der Waals surface area contributed by atoms with Crippen molar-refractivity contribution in [1.82, 2.24) is 0 Å². The normalized spacial score (nSPS) is 10.7. The predicted molar refractivity (Wildman–Crippen MR) is 104 cm³/mol. The van der Waals surface area contributed by atoms with Crippen LogP contribution in [0, 0.1) is 0 Å². The molecular formula is C23H16O4. The van der Waals surface area contributed by atoms with Crippen molar-refractivity contribution in [3.63, 3.8) is 0 Å². The third-order valence-electron chi connectivity index (χ3n) is 4.24. The first-order chi connectivity index (χ1) is 13.2. The first-order valence-electron chi connectivity index (χ1n) is 8.56. The number of ketones is 1. The molecule has 0 atom stereocenters. The Bertz CT molecular complexity index is 1150. The molecule has 27 heavy (non-hydrogen) atoms. The van der Waals surface area contributed by atoms with E-state index in [1.807, 2.05) is 36.4 Å². The maximum Gasteiger partial charge on any atom is 0.235 e. The molecule has 0 aliphatic carbocycles. The number of carbonyl (C=O) groups excluding carboxylic acids is 1. The van der Waals surface area contributed by atoms with E-state index in [0.29, 0.717) is 27.9 Å². The average molecular weight is 356 g/mol. The molecule has 1 aromatic heterocycles. The monoisotopic (exact) mass is 356 g/mol. The molecular weight excluding hydrogens is 340 g/mol. The first kappa shape index (κ1) is 16.8. The van der Waals surface area contributed by atoms with Gasteiger partial charge in [0, 0.05) is 11.1 Å². The molecule has 4 nitrogen and oxygen atoms in total. The Morgan fingerprint density at radius 1 is 0.815 bits per heavy atom. The summed E-state index contributed by atoms with van der Waals surface area (Å²) < 4.78 is 11.7. The molecule has 132 valence electrons. The Balaban J connectivity index is 1.77. The lowest BCUT2D eigenvalue weighted by atomic mass is 10.1. The molecule has 0 spiro atoms. The second kappa shape index (κ2) is 7.30. The van der Waals surface area contributed by atoms with Gasteiger partial charge in [-0.05, 0) is 12.1 Å². The molecule has 0 N–H and O–H groups in total. The third kappa shape index (κ3) is 3.37. The number of Topliss-reactive ketones (excluding diaryl/α,β-unsaturated/α-hetero) is 1. The Morgan fingerprint density at radius 3 is 2.19 bits per heavy atom. The van der Waals surface area contributed by atoms with Gasteiger partial charge < -0.3 is 9.15 Å². The fourth-order valence-corrected chi connectivity index (χ4v) is 2.88. The highest BCUT2D eigenvalue weighted by Crippen LogP contribution is 2.30. The lowest BCUT2D eigenvalue weighted by Gasteiger charge is -2.11. The number of rotatable bonds is 5. The van der Waals surface area contributed by atoms with Crippen LogP contribution in [0.15, 0.2) is 94.1 Å². The summed E-state index contributed by atoms with van der Waals surface area (Å²) in [4.78, 5) is 25.4. The average Bonchev–Trinajstić information content (AvgIpc) is 2.74. The molecule has 0 saturated heterocycles. The van der Waals surface area contributed by atoms with Crippen molar-refractivity contribution in [3.05, 3.63) is 101 Å². The molecule has 0 saturated carbocycles. The zero-order valence-electron chi connectivity index (χ0n) is 14.4. The van der Waals surface area contributed by atoms with E-state index in [1.54, 1.807) is 48.5 Å². The zero-order valence-corrected chi connectivity index (χ0v) is 14.4. The highest BCUT2D eigenvalue weighted by atomic mass is 16.5. The Morgan fingerprint density at radius 2 is 1.44 bits per heavy atom. The van der Waals surface area contributed by atoms with Crippen LogP contribution >= 0.6 is 0 Å². The van der Waals surface area contributed by atoms with Gasteiger partial charge in [0.25, 0.3) is 0 Å². The smallest absolute Gasteiger partial charge is 0.235 e. The molecule has 0 fully saturated rings. The van der Waals surface area contributed by atoms with Crippen LogP contribution in [-0.2, 0) is 0 Å². The number of hydrogen-bond donors (Lipinski definition) is 0. The van der Waals surface area contributed by atoms with E-state index in [9.17, 15) is 9.59 Å². The molecule has 4 rings (SSSR count). The lowest BCUT2D eigenvalue weighted by molar-refractivity contribution is 0.0920. The zero-order chi connectivity index (χ0) is 18.6. The summed E-state index contributed by atoms with van der Waals surface area (Å²) in [6.45, 7) is -0.243. The third-order valence-corrected chi connectivity index (χ3v) is 4.24. The van der Waals surface area contributed by atoms with Crippen LogP contribution in [-0.4, -0.2) is 12.4 Å². The Labute approximate surface area is 155 Å². The van der Waals surface area contributed by atoms with Crippen molar-refractivity contribution >= 4 is 16.8 Å². The summed E-state index contributed by atoms with van der Waals surface area (Å²) in [5.41, 5.74) is 1.42. The van der Waals surface area contributed by atoms with E-state index in [4.69, 9.17) is 9.15 Å². The van der Waals surface area contributed by atoms with E-state index in [0.717, 1.165) is 0 Å². The van der Waals surface area contributed by atoms with E-state index < -0.39 is 0 Å². The lowest BCUT2D eigenvalue weighted by Crippen LogP contribution is -2.17. The van der Waals surface area contributed by atoms with Crippen molar-refractivity contribution in [3.8, 4) is 17.1 Å². The second-order valence-corrected chi connectivity index (χ2v) is 6.03. The maximum atomic E-state index is 13.0. The molecule has 4 aromatic rings. The van der Waals surface area contributed by atoms with Crippen LogP contribution in [0.25, 0.3) is 22.3 Å². The van der Waals surface area contributed by atoms with Crippen LogP contribution < -0.4 is 10.2 Å². The van der Waals surface area contributed by atoms with Crippen LogP contribution in [0.3, 0.4) is 0 Å². The number of fused-ring (bicyclic) bond motifs is 1. The second-order valence-electron chi connectivity index (χ2n) is 6.03. The number of hydrogen-bond acceptors (Lipinski definition) is 4. The number of para-hydroxylation sites is 1.